The molecule has 0 fully saturated rings. The first-order valence-corrected chi connectivity index (χ1v) is 11.1. The molecule has 0 heterocycles. The Labute approximate surface area is 264 Å². The van der Waals surface area contributed by atoms with Crippen LogP contribution in [0, 0.1) is 5.92 Å². The number of rotatable bonds is 20. The molecule has 0 aliphatic heterocycles. The maximum absolute atomic E-state index is 10.8. The van der Waals surface area contributed by atoms with Crippen molar-refractivity contribution < 1.29 is 123 Å². The monoisotopic (exact) mass is 461 g/mol. The summed E-state index contributed by atoms with van der Waals surface area (Å²) < 4.78 is 0. The summed E-state index contributed by atoms with van der Waals surface area (Å²) in [6.45, 7) is 5.09. The summed E-state index contributed by atoms with van der Waals surface area (Å²) in [5, 5.41) is 23.9. The Bertz CT molecular complexity index is 382. The van der Waals surface area contributed by atoms with Gasteiger partial charge in [0.25, 0.3) is 0 Å². The summed E-state index contributed by atoms with van der Waals surface area (Å²) in [5.74, 6) is -1.91. The van der Waals surface area contributed by atoms with Crippen molar-refractivity contribution in [3.8, 4) is 0 Å². The van der Waals surface area contributed by atoms with Gasteiger partial charge in [-0.25, -0.2) is 0 Å². The average Bonchev–Trinajstić information content (AvgIpc) is 2.59. The van der Waals surface area contributed by atoms with Gasteiger partial charge in [0, 0.05) is 12.4 Å². The van der Waals surface area contributed by atoms with Crippen molar-refractivity contribution in [2.75, 3.05) is 6.54 Å². The fourth-order valence-electron chi connectivity index (χ4n) is 3.30. The molecule has 0 amide bonds. The van der Waals surface area contributed by atoms with Crippen LogP contribution in [0.3, 0.4) is 0 Å². The molecule has 29 heavy (non-hydrogen) atoms. The fourth-order valence-corrected chi connectivity index (χ4v) is 3.30. The molecule has 0 unspecified atom stereocenters. The molecule has 0 rings (SSSR count). The number of hydrogen-bond acceptors (Lipinski definition) is 5. The van der Waals surface area contributed by atoms with E-state index in [1.165, 1.54) is 70.6 Å². The molecule has 1 atom stereocenters. The molecule has 0 aliphatic rings. The maximum atomic E-state index is 10.8. The van der Waals surface area contributed by atoms with Crippen LogP contribution in [0.15, 0.2) is 0 Å². The maximum Gasteiger partial charge on any atom is 1.00 e. The first kappa shape index (κ1) is 35.8. The van der Waals surface area contributed by atoms with E-state index >= 15 is 0 Å². The summed E-state index contributed by atoms with van der Waals surface area (Å²) in [6.07, 6.45) is 17.3. The number of carbonyl (C=O) groups excluding carboxylic acids is 2. The summed E-state index contributed by atoms with van der Waals surface area (Å²) in [5.41, 5.74) is 0. The van der Waals surface area contributed by atoms with E-state index < -0.39 is 24.4 Å². The SMILES string of the molecule is CC(C)CCCCCCCCCCCCCCCN[C@@H](CC(=O)[O-])C(=O)[O-].[K+].[K+]. The van der Waals surface area contributed by atoms with Gasteiger partial charge in [0.15, 0.2) is 0 Å². The van der Waals surface area contributed by atoms with Gasteiger partial charge in [-0.2, -0.15) is 0 Å². The number of nitrogens with one attached hydrogen (secondary N) is 1. The normalized spacial score (nSPS) is 11.6. The zero-order valence-electron chi connectivity index (χ0n) is 19.6. The number of carboxylic acids is 2. The quantitative estimate of drug-likeness (QED) is 0.154. The zero-order valence-corrected chi connectivity index (χ0v) is 25.8. The number of carboxylic acid groups (broad SMARTS) is 2. The fraction of sp³-hybridized carbons (Fsp3) is 0.909. The molecule has 0 aromatic rings. The minimum atomic E-state index is -1.38. The minimum absolute atomic E-state index is 0. The van der Waals surface area contributed by atoms with Crippen LogP contribution in [0.25, 0.3) is 0 Å². The predicted octanol–water partition coefficient (Wildman–Crippen LogP) is -3.04. The van der Waals surface area contributed by atoms with Gasteiger partial charge in [-0.1, -0.05) is 97.3 Å². The summed E-state index contributed by atoms with van der Waals surface area (Å²) in [6, 6.07) is -1.15. The third kappa shape index (κ3) is 28.1. The standard InChI is InChI=1S/C22H43NO4.2K/c1-19(2)16-14-12-10-8-6-4-3-5-7-9-11-13-15-17-23-20(22(26)27)18-21(24)25;;/h19-20,23H,3-18H2,1-2H3,(H,24,25)(H,26,27);;/q;2*+1/p-2/t20-;;/m0../s1. The number of unbranched alkanes of at least 4 members (excludes halogenated alkanes) is 12. The third-order valence-corrected chi connectivity index (χ3v) is 5.00. The molecule has 0 aromatic heterocycles. The van der Waals surface area contributed by atoms with E-state index in [-0.39, 0.29) is 103 Å². The molecule has 7 heteroatoms. The number of hydrogen-bond donors (Lipinski definition) is 1. The second-order valence-corrected chi connectivity index (χ2v) is 8.18. The van der Waals surface area contributed by atoms with E-state index in [0.29, 0.717) is 6.54 Å². The van der Waals surface area contributed by atoms with Gasteiger partial charge in [0.05, 0.1) is 12.0 Å². The summed E-state index contributed by atoms with van der Waals surface area (Å²) >= 11 is 0. The molecular formula is C22H41K2NO4. The van der Waals surface area contributed by atoms with Crippen molar-refractivity contribution in [3.05, 3.63) is 0 Å². The predicted molar refractivity (Wildman–Crippen MR) is 106 cm³/mol. The molecule has 0 bridgehead atoms. The third-order valence-electron chi connectivity index (χ3n) is 5.00. The second kappa shape index (κ2) is 26.4. The van der Waals surface area contributed by atoms with E-state index in [1.807, 2.05) is 0 Å². The van der Waals surface area contributed by atoms with Gasteiger partial charge >= 0.3 is 103 Å². The van der Waals surface area contributed by atoms with Crippen LogP contribution in [0.4, 0.5) is 0 Å². The van der Waals surface area contributed by atoms with Gasteiger partial charge in [-0.05, 0) is 18.9 Å². The van der Waals surface area contributed by atoms with Crippen LogP contribution >= 0.6 is 0 Å². The Morgan fingerprint density at radius 3 is 1.41 bits per heavy atom. The van der Waals surface area contributed by atoms with Gasteiger partial charge < -0.3 is 25.1 Å². The zero-order chi connectivity index (χ0) is 20.3. The number of carbonyl (C=O) groups is 2. The minimum Gasteiger partial charge on any atom is -0.550 e. The van der Waals surface area contributed by atoms with Crippen LogP contribution in [0.1, 0.15) is 110 Å². The molecule has 0 aromatic carbocycles. The summed E-state index contributed by atoms with van der Waals surface area (Å²) in [4.78, 5) is 21.2. The van der Waals surface area contributed by atoms with Crippen molar-refractivity contribution in [1.82, 2.24) is 5.32 Å². The molecule has 0 aliphatic carbocycles. The smallest absolute Gasteiger partial charge is 0.550 e. The average molecular weight is 462 g/mol. The van der Waals surface area contributed by atoms with E-state index in [1.54, 1.807) is 0 Å². The Morgan fingerprint density at radius 2 is 1.07 bits per heavy atom. The topological polar surface area (TPSA) is 92.3 Å². The molecule has 0 saturated carbocycles. The van der Waals surface area contributed by atoms with Crippen molar-refractivity contribution >= 4 is 11.9 Å². The molecule has 0 radical (unpaired) electrons. The Balaban J connectivity index is -0.00000338. The molecular weight excluding hydrogens is 420 g/mol. The van der Waals surface area contributed by atoms with Crippen LogP contribution < -0.4 is 118 Å². The van der Waals surface area contributed by atoms with Gasteiger partial charge in [0.1, 0.15) is 0 Å². The van der Waals surface area contributed by atoms with Crippen molar-refractivity contribution in [2.24, 2.45) is 5.92 Å². The second-order valence-electron chi connectivity index (χ2n) is 8.18. The first-order valence-electron chi connectivity index (χ1n) is 11.1. The molecule has 0 saturated heterocycles. The Kier molecular flexibility index (Phi) is 32.6. The number of aliphatic carboxylic acids is 2. The van der Waals surface area contributed by atoms with Crippen LogP contribution in [-0.4, -0.2) is 24.5 Å². The van der Waals surface area contributed by atoms with E-state index in [4.69, 9.17) is 0 Å². The Morgan fingerprint density at radius 1 is 0.690 bits per heavy atom. The van der Waals surface area contributed by atoms with Gasteiger partial charge in [-0.3, -0.25) is 0 Å². The largest absolute Gasteiger partial charge is 1.00 e. The molecule has 1 N–H and O–H groups in total. The van der Waals surface area contributed by atoms with Gasteiger partial charge in [-0.15, -0.1) is 0 Å². The van der Waals surface area contributed by atoms with Crippen LogP contribution in [-0.2, 0) is 9.59 Å². The van der Waals surface area contributed by atoms with E-state index in [9.17, 15) is 19.8 Å². The summed E-state index contributed by atoms with van der Waals surface area (Å²) in [7, 11) is 0. The molecule has 0 spiro atoms. The Hall–Kier alpha value is 2.17. The van der Waals surface area contributed by atoms with E-state index in [0.717, 1.165) is 25.2 Å². The molecule has 5 nitrogen and oxygen atoms in total. The van der Waals surface area contributed by atoms with Crippen molar-refractivity contribution in [2.45, 2.75) is 116 Å². The first-order chi connectivity index (χ1) is 12.9. The van der Waals surface area contributed by atoms with Crippen LogP contribution in [0.5, 0.6) is 0 Å². The van der Waals surface area contributed by atoms with E-state index in [2.05, 4.69) is 19.2 Å². The van der Waals surface area contributed by atoms with Crippen LogP contribution in [0.2, 0.25) is 0 Å². The van der Waals surface area contributed by atoms with Crippen molar-refractivity contribution in [1.29, 1.82) is 0 Å². The van der Waals surface area contributed by atoms with Crippen molar-refractivity contribution in [3.63, 3.8) is 0 Å². The van der Waals surface area contributed by atoms with Gasteiger partial charge in [0.2, 0.25) is 0 Å². The molecule has 160 valence electrons.